The van der Waals surface area contributed by atoms with Gasteiger partial charge in [-0.05, 0) is 24.3 Å². The van der Waals surface area contributed by atoms with E-state index in [9.17, 15) is 4.79 Å². The number of benzene rings is 1. The lowest BCUT2D eigenvalue weighted by atomic mass is 10.3. The van der Waals surface area contributed by atoms with Crippen molar-refractivity contribution in [1.82, 2.24) is 14.6 Å². The molecule has 0 spiro atoms. The van der Waals surface area contributed by atoms with Gasteiger partial charge in [-0.1, -0.05) is 27.3 Å². The normalized spacial score (nSPS) is 10.7. The molecule has 0 unspecified atom stereocenters. The molecular weight excluding hydrogens is 356 g/mol. The van der Waals surface area contributed by atoms with Gasteiger partial charge in [0.25, 0.3) is 5.56 Å². The fraction of sp³-hybridized carbons (Fsp3) is 0.154. The van der Waals surface area contributed by atoms with Crippen molar-refractivity contribution in [3.05, 3.63) is 51.4 Å². The zero-order valence-electron chi connectivity index (χ0n) is 10.8. The zero-order chi connectivity index (χ0) is 14.7. The van der Waals surface area contributed by atoms with Crippen LogP contribution in [0.25, 0.3) is 4.96 Å². The van der Waals surface area contributed by atoms with Gasteiger partial charge in [0.2, 0.25) is 10.1 Å². The van der Waals surface area contributed by atoms with Crippen molar-refractivity contribution in [3.8, 4) is 5.75 Å². The van der Waals surface area contributed by atoms with E-state index in [4.69, 9.17) is 4.74 Å². The van der Waals surface area contributed by atoms with Gasteiger partial charge in [-0.2, -0.15) is 4.52 Å². The van der Waals surface area contributed by atoms with Crippen LogP contribution in [0.5, 0.6) is 5.75 Å². The Bertz CT molecular complexity index is 800. The largest absolute Gasteiger partial charge is 0.492 e. The molecule has 0 radical (unpaired) electrons. The van der Waals surface area contributed by atoms with E-state index >= 15 is 0 Å². The quantitative estimate of drug-likeness (QED) is 0.702. The topological polar surface area (TPSA) is 68.5 Å². The summed E-state index contributed by atoms with van der Waals surface area (Å²) in [6.07, 6.45) is 1.48. The second-order valence-electron chi connectivity index (χ2n) is 4.11. The van der Waals surface area contributed by atoms with E-state index < -0.39 is 0 Å². The molecule has 6 nitrogen and oxygen atoms in total. The zero-order valence-corrected chi connectivity index (χ0v) is 13.2. The number of hydrogen-bond donors (Lipinski definition) is 1. The van der Waals surface area contributed by atoms with Crippen LogP contribution in [0.1, 0.15) is 0 Å². The lowest BCUT2D eigenvalue weighted by molar-refractivity contribution is 0.333. The Morgan fingerprint density at radius 1 is 1.29 bits per heavy atom. The third-order valence-electron chi connectivity index (χ3n) is 2.63. The summed E-state index contributed by atoms with van der Waals surface area (Å²) in [6, 6.07) is 9.02. The first-order valence-electron chi connectivity index (χ1n) is 6.19. The van der Waals surface area contributed by atoms with Crippen LogP contribution in [0, 0.1) is 0 Å². The minimum absolute atomic E-state index is 0.185. The summed E-state index contributed by atoms with van der Waals surface area (Å²) in [6.45, 7) is 1.09. The van der Waals surface area contributed by atoms with E-state index in [0.29, 0.717) is 23.2 Å². The van der Waals surface area contributed by atoms with E-state index in [1.54, 1.807) is 0 Å². The second kappa shape index (κ2) is 6.23. The molecule has 3 rings (SSSR count). The average molecular weight is 367 g/mol. The van der Waals surface area contributed by atoms with Crippen molar-refractivity contribution in [2.24, 2.45) is 0 Å². The molecule has 0 amide bonds. The number of nitrogens with one attached hydrogen (secondary N) is 1. The standard InChI is InChI=1S/C13H11BrN4O2S/c14-9-1-3-10(4-2-9)20-8-7-15-12-17-18-11(19)5-6-16-13(18)21-12/h1-6H,7-8H2,(H,15,17). The molecule has 0 bridgehead atoms. The average Bonchev–Trinajstić information content (AvgIpc) is 2.90. The molecule has 108 valence electrons. The third kappa shape index (κ3) is 3.40. The number of ether oxygens (including phenoxy) is 1. The molecule has 3 aromatic rings. The number of halogens is 1. The SMILES string of the molecule is O=c1ccnc2sc(NCCOc3ccc(Br)cc3)nn12. The molecule has 1 aromatic carbocycles. The molecule has 21 heavy (non-hydrogen) atoms. The van der Waals surface area contributed by atoms with Crippen molar-refractivity contribution in [2.75, 3.05) is 18.5 Å². The Labute approximate surface area is 132 Å². The summed E-state index contributed by atoms with van der Waals surface area (Å²) in [5.74, 6) is 0.808. The monoisotopic (exact) mass is 366 g/mol. The van der Waals surface area contributed by atoms with Gasteiger partial charge in [-0.3, -0.25) is 4.79 Å². The maximum Gasteiger partial charge on any atom is 0.275 e. The summed E-state index contributed by atoms with van der Waals surface area (Å²) in [4.78, 5) is 16.2. The van der Waals surface area contributed by atoms with Crippen molar-refractivity contribution in [2.45, 2.75) is 0 Å². The van der Waals surface area contributed by atoms with Crippen LogP contribution in [-0.2, 0) is 0 Å². The highest BCUT2D eigenvalue weighted by Crippen LogP contribution is 2.17. The third-order valence-corrected chi connectivity index (χ3v) is 4.04. The summed E-state index contributed by atoms with van der Waals surface area (Å²) < 4.78 is 7.88. The van der Waals surface area contributed by atoms with Crippen LogP contribution in [0.3, 0.4) is 0 Å². The molecular formula is C13H11BrN4O2S. The van der Waals surface area contributed by atoms with Crippen LogP contribution in [0.4, 0.5) is 5.13 Å². The molecule has 2 aromatic heterocycles. The van der Waals surface area contributed by atoms with Crippen LogP contribution in [0.2, 0.25) is 0 Å². The second-order valence-corrected chi connectivity index (χ2v) is 5.99. The van der Waals surface area contributed by atoms with E-state index in [-0.39, 0.29) is 5.56 Å². The number of nitrogens with zero attached hydrogens (tertiary/aromatic N) is 3. The molecule has 1 N–H and O–H groups in total. The predicted octanol–water partition coefficient (Wildman–Crippen LogP) is 2.40. The Morgan fingerprint density at radius 2 is 2.10 bits per heavy atom. The molecule has 8 heteroatoms. The van der Waals surface area contributed by atoms with E-state index in [1.165, 1.54) is 28.1 Å². The molecule has 0 aliphatic carbocycles. The van der Waals surface area contributed by atoms with Crippen LogP contribution < -0.4 is 15.6 Å². The lowest BCUT2D eigenvalue weighted by Gasteiger charge is -2.06. The van der Waals surface area contributed by atoms with Crippen LogP contribution in [-0.4, -0.2) is 27.7 Å². The Kier molecular flexibility index (Phi) is 4.16. The number of fused-ring (bicyclic) bond motifs is 1. The minimum atomic E-state index is -0.185. The maximum atomic E-state index is 11.5. The highest BCUT2D eigenvalue weighted by molar-refractivity contribution is 9.10. The van der Waals surface area contributed by atoms with E-state index in [1.807, 2.05) is 24.3 Å². The van der Waals surface area contributed by atoms with Gasteiger partial charge >= 0.3 is 0 Å². The van der Waals surface area contributed by atoms with Crippen molar-refractivity contribution in [3.63, 3.8) is 0 Å². The van der Waals surface area contributed by atoms with E-state index in [0.717, 1.165) is 10.2 Å². The van der Waals surface area contributed by atoms with Gasteiger partial charge in [0.05, 0.1) is 6.54 Å². The summed E-state index contributed by atoms with van der Waals surface area (Å²) in [7, 11) is 0. The number of hydrogen-bond acceptors (Lipinski definition) is 6. The fourth-order valence-electron chi connectivity index (χ4n) is 1.67. The first-order chi connectivity index (χ1) is 10.2. The molecule has 0 aliphatic heterocycles. The number of rotatable bonds is 5. The van der Waals surface area contributed by atoms with Gasteiger partial charge in [0.15, 0.2) is 0 Å². The smallest absolute Gasteiger partial charge is 0.275 e. The Balaban J connectivity index is 1.56. The number of aromatic nitrogens is 3. The van der Waals surface area contributed by atoms with Gasteiger partial charge in [0, 0.05) is 16.7 Å². The van der Waals surface area contributed by atoms with Crippen LogP contribution in [0.15, 0.2) is 45.8 Å². The highest BCUT2D eigenvalue weighted by Gasteiger charge is 2.05. The minimum Gasteiger partial charge on any atom is -0.492 e. The summed E-state index contributed by atoms with van der Waals surface area (Å²) >= 11 is 4.70. The molecule has 0 aliphatic rings. The van der Waals surface area contributed by atoms with E-state index in [2.05, 4.69) is 31.3 Å². The van der Waals surface area contributed by atoms with Gasteiger partial charge in [-0.25, -0.2) is 4.98 Å². The predicted molar refractivity (Wildman–Crippen MR) is 85.3 cm³/mol. The van der Waals surface area contributed by atoms with Crippen LogP contribution >= 0.6 is 27.3 Å². The molecule has 2 heterocycles. The first kappa shape index (κ1) is 14.0. The molecule has 0 saturated heterocycles. The maximum absolute atomic E-state index is 11.5. The van der Waals surface area contributed by atoms with Gasteiger partial charge in [0.1, 0.15) is 12.4 Å². The molecule has 0 atom stereocenters. The Hall–Kier alpha value is -1.93. The summed E-state index contributed by atoms with van der Waals surface area (Å²) in [5.41, 5.74) is -0.185. The first-order valence-corrected chi connectivity index (χ1v) is 7.80. The van der Waals surface area contributed by atoms with Gasteiger partial charge < -0.3 is 10.1 Å². The van der Waals surface area contributed by atoms with Crippen molar-refractivity contribution < 1.29 is 4.74 Å². The number of anilines is 1. The highest BCUT2D eigenvalue weighted by atomic mass is 79.9. The van der Waals surface area contributed by atoms with Crippen molar-refractivity contribution >= 4 is 37.4 Å². The lowest BCUT2D eigenvalue weighted by Crippen LogP contribution is -2.14. The Morgan fingerprint density at radius 3 is 2.86 bits per heavy atom. The van der Waals surface area contributed by atoms with Crippen molar-refractivity contribution in [1.29, 1.82) is 0 Å². The fourth-order valence-corrected chi connectivity index (χ4v) is 2.74. The molecule has 0 fully saturated rings. The summed E-state index contributed by atoms with van der Waals surface area (Å²) in [5, 5.41) is 7.92. The molecule has 0 saturated carbocycles. The van der Waals surface area contributed by atoms with Gasteiger partial charge in [-0.15, -0.1) is 5.10 Å².